The van der Waals surface area contributed by atoms with Gasteiger partial charge in [-0.1, -0.05) is 12.1 Å². The van der Waals surface area contributed by atoms with Gasteiger partial charge in [-0.05, 0) is 30.3 Å². The summed E-state index contributed by atoms with van der Waals surface area (Å²) in [5, 5.41) is 3.94. The predicted octanol–water partition coefficient (Wildman–Crippen LogP) is 0.795. The van der Waals surface area contributed by atoms with Gasteiger partial charge in [0.15, 0.2) is 0 Å². The third-order valence-corrected chi connectivity index (χ3v) is 3.31. The highest BCUT2D eigenvalue weighted by molar-refractivity contribution is 6.31. The molecule has 2 aromatic rings. The topological polar surface area (TPSA) is 132 Å². The second kappa shape index (κ2) is 5.84. The van der Waals surface area contributed by atoms with E-state index < -0.39 is 23.8 Å². The number of primary amides is 1. The minimum atomic E-state index is -0.864. The minimum absolute atomic E-state index is 0.237. The number of carbonyl (C=O) groups is 4. The number of nitrogens with two attached hydrogens (primary N) is 1. The van der Waals surface area contributed by atoms with Gasteiger partial charge in [-0.15, -0.1) is 0 Å². The lowest BCUT2D eigenvalue weighted by molar-refractivity contribution is -0.123. The number of barbiturate groups is 1. The molecule has 5 amide bonds. The van der Waals surface area contributed by atoms with Gasteiger partial charge in [0, 0.05) is 11.1 Å². The van der Waals surface area contributed by atoms with Gasteiger partial charge in [-0.3, -0.25) is 25.0 Å². The molecule has 1 aliphatic rings. The van der Waals surface area contributed by atoms with Gasteiger partial charge in [0.05, 0.1) is 0 Å². The number of benzene rings is 1. The molecule has 24 heavy (non-hydrogen) atoms. The minimum Gasteiger partial charge on any atom is -0.457 e. The molecular weight excluding hydrogens is 314 g/mol. The first-order chi connectivity index (χ1) is 11.4. The molecule has 2 heterocycles. The van der Waals surface area contributed by atoms with E-state index in [1.807, 2.05) is 10.6 Å². The highest BCUT2D eigenvalue weighted by Gasteiger charge is 2.28. The average molecular weight is 325 g/mol. The molecule has 4 N–H and O–H groups in total. The van der Waals surface area contributed by atoms with Crippen molar-refractivity contribution in [1.82, 2.24) is 10.6 Å². The molecule has 1 aliphatic heterocycles. The number of furan rings is 1. The van der Waals surface area contributed by atoms with Gasteiger partial charge in [0.2, 0.25) is 5.91 Å². The van der Waals surface area contributed by atoms with Crippen molar-refractivity contribution < 1.29 is 23.6 Å². The van der Waals surface area contributed by atoms with Gasteiger partial charge in [0.1, 0.15) is 17.1 Å². The molecule has 1 aromatic heterocycles. The zero-order valence-electron chi connectivity index (χ0n) is 12.2. The van der Waals surface area contributed by atoms with Crippen LogP contribution in [-0.2, 0) is 9.59 Å². The molecule has 3 rings (SSSR count). The largest absolute Gasteiger partial charge is 0.457 e. The number of rotatable bonds is 3. The molecule has 1 aromatic carbocycles. The van der Waals surface area contributed by atoms with Crippen molar-refractivity contribution in [3.8, 4) is 11.3 Å². The Morgan fingerprint density at radius 2 is 1.58 bits per heavy atom. The maximum Gasteiger partial charge on any atom is 0.328 e. The van der Waals surface area contributed by atoms with Crippen molar-refractivity contribution in [2.45, 2.75) is 0 Å². The molecule has 0 saturated carbocycles. The van der Waals surface area contributed by atoms with Crippen LogP contribution in [0.1, 0.15) is 16.1 Å². The predicted molar refractivity (Wildman–Crippen MR) is 82.3 cm³/mol. The van der Waals surface area contributed by atoms with Crippen LogP contribution in [0, 0.1) is 0 Å². The number of amides is 5. The van der Waals surface area contributed by atoms with Crippen molar-refractivity contribution in [2.24, 2.45) is 5.73 Å². The van der Waals surface area contributed by atoms with E-state index in [0.717, 1.165) is 0 Å². The smallest absolute Gasteiger partial charge is 0.328 e. The standard InChI is InChI=1S/C16H11N3O5/c17-13(20)9-3-1-8(2-4-9)12-6-5-10(24-12)7-11-14(21)18-16(23)19-15(11)22/h1-7H,(H2,17,20)(H2,18,19,21,22,23). The molecule has 0 unspecified atom stereocenters. The maximum absolute atomic E-state index is 11.7. The Morgan fingerprint density at radius 3 is 2.17 bits per heavy atom. The molecule has 8 nitrogen and oxygen atoms in total. The lowest BCUT2D eigenvalue weighted by atomic mass is 10.1. The highest BCUT2D eigenvalue weighted by atomic mass is 16.3. The fourth-order valence-electron chi connectivity index (χ4n) is 2.13. The first-order valence-corrected chi connectivity index (χ1v) is 6.82. The van der Waals surface area contributed by atoms with Crippen molar-refractivity contribution in [3.05, 3.63) is 53.3 Å². The monoisotopic (exact) mass is 325 g/mol. The van der Waals surface area contributed by atoms with Gasteiger partial charge in [-0.25, -0.2) is 4.79 Å². The summed E-state index contributed by atoms with van der Waals surface area (Å²) in [6.45, 7) is 0. The van der Waals surface area contributed by atoms with Crippen molar-refractivity contribution in [2.75, 3.05) is 0 Å². The van der Waals surface area contributed by atoms with Crippen LogP contribution < -0.4 is 16.4 Å². The van der Waals surface area contributed by atoms with E-state index in [1.54, 1.807) is 36.4 Å². The van der Waals surface area contributed by atoms with E-state index >= 15 is 0 Å². The number of imide groups is 2. The van der Waals surface area contributed by atoms with Crippen LogP contribution in [0.15, 0.2) is 46.4 Å². The Balaban J connectivity index is 1.86. The summed E-state index contributed by atoms with van der Waals surface area (Å²) in [5.41, 5.74) is 6.00. The number of urea groups is 1. The molecule has 0 atom stereocenters. The van der Waals surface area contributed by atoms with E-state index in [-0.39, 0.29) is 11.3 Å². The van der Waals surface area contributed by atoms with E-state index in [0.29, 0.717) is 16.9 Å². The fraction of sp³-hybridized carbons (Fsp3) is 0. The quantitative estimate of drug-likeness (QED) is 0.567. The van der Waals surface area contributed by atoms with Gasteiger partial charge in [-0.2, -0.15) is 0 Å². The molecule has 8 heteroatoms. The summed E-state index contributed by atoms with van der Waals surface area (Å²) < 4.78 is 5.56. The van der Waals surface area contributed by atoms with Gasteiger partial charge >= 0.3 is 6.03 Å². The van der Waals surface area contributed by atoms with Crippen LogP contribution in [-0.4, -0.2) is 23.8 Å². The number of carbonyl (C=O) groups excluding carboxylic acids is 4. The molecule has 1 fully saturated rings. The molecule has 0 radical (unpaired) electrons. The summed E-state index contributed by atoms with van der Waals surface area (Å²) >= 11 is 0. The van der Waals surface area contributed by atoms with Crippen LogP contribution >= 0.6 is 0 Å². The van der Waals surface area contributed by atoms with Crippen LogP contribution in [0.4, 0.5) is 4.79 Å². The van der Waals surface area contributed by atoms with E-state index in [9.17, 15) is 19.2 Å². The Labute approximate surface area is 135 Å². The lowest BCUT2D eigenvalue weighted by Gasteiger charge is -2.13. The van der Waals surface area contributed by atoms with Gasteiger partial charge in [0.25, 0.3) is 11.8 Å². The number of hydrogen-bond donors (Lipinski definition) is 3. The second-order valence-corrected chi connectivity index (χ2v) is 4.94. The molecule has 120 valence electrons. The zero-order valence-corrected chi connectivity index (χ0v) is 12.2. The molecule has 0 bridgehead atoms. The number of nitrogens with one attached hydrogen (secondary N) is 2. The molecule has 0 spiro atoms. The molecule has 1 saturated heterocycles. The van der Waals surface area contributed by atoms with Crippen LogP contribution in [0.3, 0.4) is 0 Å². The summed E-state index contributed by atoms with van der Waals surface area (Å²) in [5.74, 6) is -1.39. The van der Waals surface area contributed by atoms with Crippen LogP contribution in [0.5, 0.6) is 0 Å². The van der Waals surface area contributed by atoms with E-state index in [2.05, 4.69) is 0 Å². The average Bonchev–Trinajstić information content (AvgIpc) is 2.99. The zero-order chi connectivity index (χ0) is 17.3. The summed E-state index contributed by atoms with van der Waals surface area (Å²) in [6.07, 6.45) is 1.23. The third kappa shape index (κ3) is 2.93. The van der Waals surface area contributed by atoms with Crippen molar-refractivity contribution in [3.63, 3.8) is 0 Å². The summed E-state index contributed by atoms with van der Waals surface area (Å²) in [4.78, 5) is 45.4. The summed E-state index contributed by atoms with van der Waals surface area (Å²) in [6, 6.07) is 8.80. The Hall–Kier alpha value is -3.68. The summed E-state index contributed by atoms with van der Waals surface area (Å²) in [7, 11) is 0. The van der Waals surface area contributed by atoms with Crippen molar-refractivity contribution in [1.29, 1.82) is 0 Å². The first kappa shape index (κ1) is 15.2. The van der Waals surface area contributed by atoms with E-state index in [4.69, 9.17) is 10.2 Å². The fourth-order valence-corrected chi connectivity index (χ4v) is 2.13. The van der Waals surface area contributed by atoms with Gasteiger partial charge < -0.3 is 10.2 Å². The second-order valence-electron chi connectivity index (χ2n) is 4.94. The SMILES string of the molecule is NC(=O)c1ccc(-c2ccc(C=C3C(=O)NC(=O)NC3=O)o2)cc1. The van der Waals surface area contributed by atoms with Crippen LogP contribution in [0.25, 0.3) is 17.4 Å². The Kier molecular flexibility index (Phi) is 3.70. The highest BCUT2D eigenvalue weighted by Crippen LogP contribution is 2.24. The Bertz CT molecular complexity index is 871. The van der Waals surface area contributed by atoms with Crippen LogP contribution in [0.2, 0.25) is 0 Å². The van der Waals surface area contributed by atoms with Crippen molar-refractivity contribution >= 4 is 29.8 Å². The third-order valence-electron chi connectivity index (χ3n) is 3.31. The first-order valence-electron chi connectivity index (χ1n) is 6.82. The molecular formula is C16H11N3O5. The normalized spacial score (nSPS) is 14.2. The van der Waals surface area contributed by atoms with E-state index in [1.165, 1.54) is 6.08 Å². The molecule has 0 aliphatic carbocycles. The maximum atomic E-state index is 11.7. The lowest BCUT2D eigenvalue weighted by Crippen LogP contribution is -2.51. The Morgan fingerprint density at radius 1 is 0.958 bits per heavy atom. The number of hydrogen-bond acceptors (Lipinski definition) is 5.